The standard InChI is InChI=1S/C27H24F2N4O/c28-21-8-3-18(4-9-21)25-26(19-5-10-22(29)11-6-19)33-24-14-20(7-12-23(24)32-25)27(34)31-16-17-2-1-13-30-15-17/h3-12,14,17,30H,1-2,13,15-16H2,(H,31,34)/t17-/m0/s1. The maximum absolute atomic E-state index is 13.5. The molecule has 0 bridgehead atoms. The molecular weight excluding hydrogens is 434 g/mol. The first-order valence-electron chi connectivity index (χ1n) is 11.4. The molecule has 1 amide bonds. The van der Waals surface area contributed by atoms with E-state index in [0.29, 0.717) is 51.6 Å². The summed E-state index contributed by atoms with van der Waals surface area (Å²) in [6.45, 7) is 2.57. The van der Waals surface area contributed by atoms with Gasteiger partial charge < -0.3 is 10.6 Å². The highest BCUT2D eigenvalue weighted by molar-refractivity contribution is 5.98. The largest absolute Gasteiger partial charge is 0.352 e. The third-order valence-electron chi connectivity index (χ3n) is 6.11. The average molecular weight is 459 g/mol. The predicted molar refractivity (Wildman–Crippen MR) is 128 cm³/mol. The van der Waals surface area contributed by atoms with Crippen molar-refractivity contribution in [1.29, 1.82) is 0 Å². The lowest BCUT2D eigenvalue weighted by Crippen LogP contribution is -2.38. The van der Waals surface area contributed by atoms with Crippen molar-refractivity contribution in [2.24, 2.45) is 5.92 Å². The number of aromatic nitrogens is 2. The molecule has 1 aliphatic heterocycles. The Hall–Kier alpha value is -3.71. The number of carbonyl (C=O) groups is 1. The number of nitrogens with zero attached hydrogens (tertiary/aromatic N) is 2. The Morgan fingerprint density at radius 3 is 2.09 bits per heavy atom. The number of carbonyl (C=O) groups excluding carboxylic acids is 1. The van der Waals surface area contributed by atoms with Crippen LogP contribution in [0.1, 0.15) is 23.2 Å². The average Bonchev–Trinajstić information content (AvgIpc) is 2.88. The van der Waals surface area contributed by atoms with Crippen LogP contribution < -0.4 is 10.6 Å². The summed E-state index contributed by atoms with van der Waals surface area (Å²) in [5.41, 5.74) is 4.12. The third kappa shape index (κ3) is 4.79. The molecule has 172 valence electrons. The van der Waals surface area contributed by atoms with E-state index in [4.69, 9.17) is 9.97 Å². The summed E-state index contributed by atoms with van der Waals surface area (Å²) in [7, 11) is 0. The molecule has 3 aromatic carbocycles. The van der Waals surface area contributed by atoms with Crippen LogP contribution in [-0.2, 0) is 0 Å². The molecule has 1 aromatic heterocycles. The minimum atomic E-state index is -0.354. The molecule has 1 atom stereocenters. The Balaban J connectivity index is 1.51. The van der Waals surface area contributed by atoms with Gasteiger partial charge in [-0.1, -0.05) is 0 Å². The Labute approximate surface area is 196 Å². The molecule has 0 saturated carbocycles. The van der Waals surface area contributed by atoms with E-state index in [9.17, 15) is 13.6 Å². The van der Waals surface area contributed by atoms with Crippen LogP contribution in [0, 0.1) is 17.6 Å². The molecule has 1 fully saturated rings. The van der Waals surface area contributed by atoms with Crippen molar-refractivity contribution in [3.05, 3.63) is 83.9 Å². The molecule has 2 heterocycles. The van der Waals surface area contributed by atoms with Gasteiger partial charge in [-0.15, -0.1) is 0 Å². The molecule has 1 aliphatic rings. The Bertz CT molecular complexity index is 1320. The molecular formula is C27H24F2N4O. The first kappa shape index (κ1) is 22.1. The molecule has 1 saturated heterocycles. The fourth-order valence-electron chi connectivity index (χ4n) is 4.25. The summed E-state index contributed by atoms with van der Waals surface area (Å²) in [5.74, 6) is -0.421. The summed E-state index contributed by atoms with van der Waals surface area (Å²) in [4.78, 5) is 22.4. The molecule has 34 heavy (non-hydrogen) atoms. The van der Waals surface area contributed by atoms with Crippen LogP contribution in [0.3, 0.4) is 0 Å². The van der Waals surface area contributed by atoms with Gasteiger partial charge in [-0.25, -0.2) is 18.7 Å². The number of hydrogen-bond donors (Lipinski definition) is 2. The van der Waals surface area contributed by atoms with Crippen molar-refractivity contribution >= 4 is 16.9 Å². The topological polar surface area (TPSA) is 66.9 Å². The predicted octanol–water partition coefficient (Wildman–Crippen LogP) is 4.97. The fourth-order valence-corrected chi connectivity index (χ4v) is 4.25. The SMILES string of the molecule is O=C(NC[C@H]1CCCNC1)c1ccc2nc(-c3ccc(F)cc3)c(-c3ccc(F)cc3)nc2c1. The number of halogens is 2. The van der Waals surface area contributed by atoms with Crippen LogP contribution in [-0.4, -0.2) is 35.5 Å². The van der Waals surface area contributed by atoms with Gasteiger partial charge in [-0.05, 0) is 98.6 Å². The number of rotatable bonds is 5. The summed E-state index contributed by atoms with van der Waals surface area (Å²) in [5, 5.41) is 6.38. The first-order valence-corrected chi connectivity index (χ1v) is 11.4. The quantitative estimate of drug-likeness (QED) is 0.443. The molecule has 7 heteroatoms. The monoisotopic (exact) mass is 458 g/mol. The maximum atomic E-state index is 13.5. The molecule has 5 rings (SSSR count). The van der Waals surface area contributed by atoms with Crippen LogP contribution in [0.5, 0.6) is 0 Å². The second kappa shape index (κ2) is 9.65. The summed E-state index contributed by atoms with van der Waals surface area (Å²) < 4.78 is 27.1. The van der Waals surface area contributed by atoms with Gasteiger partial charge >= 0.3 is 0 Å². The molecule has 4 aromatic rings. The lowest BCUT2D eigenvalue weighted by Gasteiger charge is -2.22. The van der Waals surface area contributed by atoms with Crippen LogP contribution in [0.2, 0.25) is 0 Å². The fraction of sp³-hybridized carbons (Fsp3) is 0.222. The van der Waals surface area contributed by atoms with Crippen molar-refractivity contribution in [3.8, 4) is 22.5 Å². The van der Waals surface area contributed by atoms with Crippen LogP contribution in [0.25, 0.3) is 33.5 Å². The van der Waals surface area contributed by atoms with Gasteiger partial charge in [0.1, 0.15) is 11.6 Å². The van der Waals surface area contributed by atoms with Crippen LogP contribution in [0.4, 0.5) is 8.78 Å². The van der Waals surface area contributed by atoms with Gasteiger partial charge in [0.05, 0.1) is 22.4 Å². The van der Waals surface area contributed by atoms with E-state index in [1.54, 1.807) is 42.5 Å². The smallest absolute Gasteiger partial charge is 0.251 e. The minimum Gasteiger partial charge on any atom is -0.352 e. The Morgan fingerprint density at radius 1 is 0.882 bits per heavy atom. The van der Waals surface area contributed by atoms with Gasteiger partial charge in [-0.2, -0.15) is 0 Å². The van der Waals surface area contributed by atoms with Gasteiger partial charge in [0.25, 0.3) is 5.91 Å². The van der Waals surface area contributed by atoms with E-state index in [1.165, 1.54) is 24.3 Å². The van der Waals surface area contributed by atoms with E-state index >= 15 is 0 Å². The second-order valence-corrected chi connectivity index (χ2v) is 8.56. The first-order chi connectivity index (χ1) is 16.6. The zero-order chi connectivity index (χ0) is 23.5. The second-order valence-electron chi connectivity index (χ2n) is 8.56. The lowest BCUT2D eigenvalue weighted by molar-refractivity contribution is 0.0945. The van der Waals surface area contributed by atoms with E-state index < -0.39 is 0 Å². The molecule has 0 unspecified atom stereocenters. The van der Waals surface area contributed by atoms with Crippen molar-refractivity contribution in [1.82, 2.24) is 20.6 Å². The highest BCUT2D eigenvalue weighted by Crippen LogP contribution is 2.31. The molecule has 5 nitrogen and oxygen atoms in total. The normalized spacial score (nSPS) is 15.9. The molecule has 2 N–H and O–H groups in total. The minimum absolute atomic E-state index is 0.153. The van der Waals surface area contributed by atoms with Gasteiger partial charge in [0.15, 0.2) is 0 Å². The highest BCUT2D eigenvalue weighted by atomic mass is 19.1. The zero-order valence-corrected chi connectivity index (χ0v) is 18.5. The number of benzene rings is 3. The molecule has 0 spiro atoms. The number of fused-ring (bicyclic) bond motifs is 1. The highest BCUT2D eigenvalue weighted by Gasteiger charge is 2.17. The summed E-state index contributed by atoms with van der Waals surface area (Å²) in [6, 6.07) is 17.2. The maximum Gasteiger partial charge on any atom is 0.251 e. The van der Waals surface area contributed by atoms with E-state index in [1.807, 2.05) is 0 Å². The van der Waals surface area contributed by atoms with Crippen molar-refractivity contribution in [2.45, 2.75) is 12.8 Å². The number of piperidine rings is 1. The van der Waals surface area contributed by atoms with E-state index in [0.717, 1.165) is 25.9 Å². The molecule has 0 radical (unpaired) electrons. The number of hydrogen-bond acceptors (Lipinski definition) is 4. The summed E-state index contributed by atoms with van der Waals surface area (Å²) in [6.07, 6.45) is 2.22. The van der Waals surface area contributed by atoms with Crippen LogP contribution >= 0.6 is 0 Å². The summed E-state index contributed by atoms with van der Waals surface area (Å²) >= 11 is 0. The van der Waals surface area contributed by atoms with E-state index in [-0.39, 0.29) is 17.5 Å². The third-order valence-corrected chi connectivity index (χ3v) is 6.11. The van der Waals surface area contributed by atoms with E-state index in [2.05, 4.69) is 10.6 Å². The molecule has 0 aliphatic carbocycles. The Kier molecular flexibility index (Phi) is 6.27. The number of amides is 1. The van der Waals surface area contributed by atoms with Gasteiger partial charge in [0.2, 0.25) is 0 Å². The van der Waals surface area contributed by atoms with Crippen molar-refractivity contribution in [3.63, 3.8) is 0 Å². The van der Waals surface area contributed by atoms with Crippen molar-refractivity contribution in [2.75, 3.05) is 19.6 Å². The lowest BCUT2D eigenvalue weighted by atomic mass is 9.99. The number of nitrogens with one attached hydrogen (secondary N) is 2. The zero-order valence-electron chi connectivity index (χ0n) is 18.5. The Morgan fingerprint density at radius 2 is 1.50 bits per heavy atom. The van der Waals surface area contributed by atoms with Crippen molar-refractivity contribution < 1.29 is 13.6 Å². The van der Waals surface area contributed by atoms with Crippen LogP contribution in [0.15, 0.2) is 66.7 Å². The van der Waals surface area contributed by atoms with Gasteiger partial charge in [0, 0.05) is 23.2 Å². The van der Waals surface area contributed by atoms with Gasteiger partial charge in [-0.3, -0.25) is 4.79 Å².